The van der Waals surface area contributed by atoms with Gasteiger partial charge in [0.1, 0.15) is 0 Å². The first-order valence-corrected chi connectivity index (χ1v) is 4.84. The van der Waals surface area contributed by atoms with Gasteiger partial charge >= 0.3 is 0 Å². The topological polar surface area (TPSA) is 0 Å². The van der Waals surface area contributed by atoms with Gasteiger partial charge in [0.25, 0.3) is 0 Å². The summed E-state index contributed by atoms with van der Waals surface area (Å²) in [7, 11) is 0. The number of fused-ring (bicyclic) bond motifs is 1. The van der Waals surface area contributed by atoms with Gasteiger partial charge in [-0.2, -0.15) is 0 Å². The first-order chi connectivity index (χ1) is 4.84. The average molecular weight is 138 g/mol. The summed E-state index contributed by atoms with van der Waals surface area (Å²) in [5, 5.41) is 0. The van der Waals surface area contributed by atoms with Crippen molar-refractivity contribution in [2.75, 3.05) is 0 Å². The van der Waals surface area contributed by atoms with Crippen molar-refractivity contribution in [1.82, 2.24) is 0 Å². The van der Waals surface area contributed by atoms with Crippen LogP contribution in [0.4, 0.5) is 0 Å². The average Bonchev–Trinajstić information content (AvgIpc) is 2.63. The molecule has 0 N–H and O–H groups in total. The van der Waals surface area contributed by atoms with Gasteiger partial charge in [-0.25, -0.2) is 0 Å². The van der Waals surface area contributed by atoms with Gasteiger partial charge in [-0.05, 0) is 30.1 Å². The van der Waals surface area contributed by atoms with Gasteiger partial charge in [0.2, 0.25) is 0 Å². The van der Waals surface area contributed by atoms with Crippen molar-refractivity contribution >= 4 is 0 Å². The van der Waals surface area contributed by atoms with E-state index in [2.05, 4.69) is 13.8 Å². The maximum Gasteiger partial charge on any atom is -0.0326 e. The van der Waals surface area contributed by atoms with E-state index in [0.29, 0.717) is 0 Å². The Labute approximate surface area is 64.0 Å². The van der Waals surface area contributed by atoms with Crippen LogP contribution < -0.4 is 0 Å². The summed E-state index contributed by atoms with van der Waals surface area (Å²) in [4.78, 5) is 0. The molecule has 2 rings (SSSR count). The molecule has 0 nitrogen and oxygen atoms in total. The summed E-state index contributed by atoms with van der Waals surface area (Å²) >= 11 is 0. The number of hydrogen-bond donors (Lipinski definition) is 0. The van der Waals surface area contributed by atoms with Gasteiger partial charge in [-0.15, -0.1) is 0 Å². The summed E-state index contributed by atoms with van der Waals surface area (Å²) in [5.41, 5.74) is 0. The van der Waals surface area contributed by atoms with E-state index in [-0.39, 0.29) is 0 Å². The summed E-state index contributed by atoms with van der Waals surface area (Å²) in [6.07, 6.45) is 6.02. The second-order valence-electron chi connectivity index (χ2n) is 4.22. The quantitative estimate of drug-likeness (QED) is 0.522. The Morgan fingerprint density at radius 3 is 2.70 bits per heavy atom. The second-order valence-corrected chi connectivity index (χ2v) is 4.22. The highest BCUT2D eigenvalue weighted by Crippen LogP contribution is 2.59. The molecule has 0 aromatic heterocycles. The van der Waals surface area contributed by atoms with Gasteiger partial charge < -0.3 is 0 Å². The van der Waals surface area contributed by atoms with E-state index in [1.165, 1.54) is 19.3 Å². The summed E-state index contributed by atoms with van der Waals surface area (Å²) in [5.74, 6) is 4.51. The third-order valence-electron chi connectivity index (χ3n) is 3.72. The van der Waals surface area contributed by atoms with Crippen LogP contribution in [-0.2, 0) is 0 Å². The van der Waals surface area contributed by atoms with Crippen molar-refractivity contribution < 1.29 is 0 Å². The minimum absolute atomic E-state index is 1.06. The standard InChI is InChI=1S/C10H18/c1-3-8-9-6-4-5-7(2)10(8)9/h7-10H,3-6H2,1-2H3. The molecule has 0 spiro atoms. The highest BCUT2D eigenvalue weighted by atomic mass is 14.6. The van der Waals surface area contributed by atoms with Gasteiger partial charge in [0.05, 0.1) is 0 Å². The molecule has 0 radical (unpaired) electrons. The molecule has 58 valence electrons. The maximum absolute atomic E-state index is 2.45. The Hall–Kier alpha value is 0. The molecule has 0 aromatic carbocycles. The Balaban J connectivity index is 1.97. The Morgan fingerprint density at radius 2 is 2.10 bits per heavy atom. The predicted molar refractivity (Wildman–Crippen MR) is 43.8 cm³/mol. The van der Waals surface area contributed by atoms with Crippen LogP contribution in [0.5, 0.6) is 0 Å². The van der Waals surface area contributed by atoms with Crippen molar-refractivity contribution in [1.29, 1.82) is 0 Å². The fourth-order valence-electron chi connectivity index (χ4n) is 3.17. The molecule has 2 aliphatic carbocycles. The van der Waals surface area contributed by atoms with Crippen LogP contribution >= 0.6 is 0 Å². The van der Waals surface area contributed by atoms with Crippen LogP contribution in [0.3, 0.4) is 0 Å². The molecular weight excluding hydrogens is 120 g/mol. The molecule has 4 unspecified atom stereocenters. The number of rotatable bonds is 1. The summed E-state index contributed by atoms with van der Waals surface area (Å²) in [6.45, 7) is 4.81. The first kappa shape index (κ1) is 6.69. The van der Waals surface area contributed by atoms with Crippen LogP contribution in [0.2, 0.25) is 0 Å². The van der Waals surface area contributed by atoms with E-state index in [1.807, 2.05) is 0 Å². The number of hydrogen-bond acceptors (Lipinski definition) is 0. The lowest BCUT2D eigenvalue weighted by Crippen LogP contribution is -2.04. The Bertz CT molecular complexity index is 124. The van der Waals surface area contributed by atoms with Crippen LogP contribution in [-0.4, -0.2) is 0 Å². The third kappa shape index (κ3) is 0.810. The molecule has 0 aliphatic heterocycles. The van der Waals surface area contributed by atoms with Gasteiger partial charge in [-0.1, -0.05) is 33.1 Å². The lowest BCUT2D eigenvalue weighted by atomic mass is 9.91. The summed E-state index contributed by atoms with van der Waals surface area (Å²) < 4.78 is 0. The van der Waals surface area contributed by atoms with E-state index < -0.39 is 0 Å². The van der Waals surface area contributed by atoms with Crippen molar-refractivity contribution in [3.05, 3.63) is 0 Å². The molecule has 0 saturated heterocycles. The zero-order valence-corrected chi connectivity index (χ0v) is 7.14. The Kier molecular flexibility index (Phi) is 1.51. The fourth-order valence-corrected chi connectivity index (χ4v) is 3.17. The monoisotopic (exact) mass is 138 g/mol. The van der Waals surface area contributed by atoms with Crippen LogP contribution in [0, 0.1) is 23.7 Å². The van der Waals surface area contributed by atoms with Crippen molar-refractivity contribution in [3.63, 3.8) is 0 Å². The lowest BCUT2D eigenvalue weighted by Gasteiger charge is -2.15. The van der Waals surface area contributed by atoms with E-state index in [9.17, 15) is 0 Å². The molecule has 2 fully saturated rings. The van der Waals surface area contributed by atoms with Crippen molar-refractivity contribution in [3.8, 4) is 0 Å². The van der Waals surface area contributed by atoms with E-state index in [1.54, 1.807) is 6.42 Å². The van der Waals surface area contributed by atoms with E-state index >= 15 is 0 Å². The van der Waals surface area contributed by atoms with Crippen molar-refractivity contribution in [2.24, 2.45) is 23.7 Å². The van der Waals surface area contributed by atoms with Crippen LogP contribution in [0.15, 0.2) is 0 Å². The molecule has 4 atom stereocenters. The Morgan fingerprint density at radius 1 is 1.30 bits per heavy atom. The molecule has 10 heavy (non-hydrogen) atoms. The van der Waals surface area contributed by atoms with Crippen LogP contribution in [0.25, 0.3) is 0 Å². The SMILES string of the molecule is CCC1C2CCCC(C)C12. The zero-order valence-electron chi connectivity index (χ0n) is 7.14. The van der Waals surface area contributed by atoms with Gasteiger partial charge in [0, 0.05) is 0 Å². The largest absolute Gasteiger partial charge is 0.0651 e. The maximum atomic E-state index is 2.45. The minimum atomic E-state index is 1.06. The lowest BCUT2D eigenvalue weighted by molar-refractivity contribution is 0.359. The minimum Gasteiger partial charge on any atom is -0.0651 e. The molecule has 2 aliphatic rings. The first-order valence-electron chi connectivity index (χ1n) is 4.84. The molecule has 0 aromatic rings. The smallest absolute Gasteiger partial charge is 0.0326 e. The third-order valence-corrected chi connectivity index (χ3v) is 3.72. The van der Waals surface area contributed by atoms with Crippen molar-refractivity contribution in [2.45, 2.75) is 39.5 Å². The molecule has 0 heteroatoms. The molecule has 0 heterocycles. The van der Waals surface area contributed by atoms with Crippen LogP contribution in [0.1, 0.15) is 39.5 Å². The van der Waals surface area contributed by atoms with Gasteiger partial charge in [0.15, 0.2) is 0 Å². The molecule has 0 bridgehead atoms. The molecule has 0 amide bonds. The normalized spacial score (nSPS) is 52.2. The highest BCUT2D eigenvalue weighted by Gasteiger charge is 2.52. The van der Waals surface area contributed by atoms with Gasteiger partial charge in [-0.3, -0.25) is 0 Å². The van der Waals surface area contributed by atoms with E-state index in [0.717, 1.165) is 23.7 Å². The highest BCUT2D eigenvalue weighted by molar-refractivity contribution is 5.00. The second kappa shape index (κ2) is 2.25. The zero-order chi connectivity index (χ0) is 7.14. The molecule has 2 saturated carbocycles. The summed E-state index contributed by atoms with van der Waals surface area (Å²) in [6, 6.07) is 0. The van der Waals surface area contributed by atoms with E-state index in [4.69, 9.17) is 0 Å². The molecular formula is C10H18. The predicted octanol–water partition coefficient (Wildman–Crippen LogP) is 3.08. The fraction of sp³-hybridized carbons (Fsp3) is 1.00.